The summed E-state index contributed by atoms with van der Waals surface area (Å²) in [5.41, 5.74) is 5.45. The van der Waals surface area contributed by atoms with Crippen LogP contribution in [0.4, 0.5) is 5.88 Å². The Labute approximate surface area is 89.6 Å². The Bertz CT molecular complexity index is 273. The monoisotopic (exact) mass is 214 g/mol. The lowest BCUT2D eigenvalue weighted by molar-refractivity contribution is 0.513. The van der Waals surface area contributed by atoms with Crippen molar-refractivity contribution in [3.8, 4) is 0 Å². The van der Waals surface area contributed by atoms with Crippen molar-refractivity contribution >= 4 is 17.6 Å². The van der Waals surface area contributed by atoms with Crippen molar-refractivity contribution in [3.05, 3.63) is 17.9 Å². The third-order valence-corrected chi connectivity index (χ3v) is 3.14. The fourth-order valence-electron chi connectivity index (χ4n) is 1.13. The Morgan fingerprint density at radius 1 is 1.50 bits per heavy atom. The zero-order chi connectivity index (χ0) is 10.6. The molecule has 0 saturated heterocycles. The molecule has 4 heteroatoms. The molecule has 0 aromatic carbocycles. The van der Waals surface area contributed by atoms with Crippen molar-refractivity contribution in [2.24, 2.45) is 5.73 Å². The molecule has 1 rings (SSSR count). The smallest absolute Gasteiger partial charge is 0.195 e. The molecule has 80 valence electrons. The predicted molar refractivity (Wildman–Crippen MR) is 63.0 cm³/mol. The van der Waals surface area contributed by atoms with Gasteiger partial charge in [-0.1, -0.05) is 0 Å². The quantitative estimate of drug-likeness (QED) is 0.815. The molecule has 0 aliphatic rings. The normalized spacial score (nSPS) is 12.9. The van der Waals surface area contributed by atoms with Gasteiger partial charge in [0.15, 0.2) is 5.88 Å². The average molecular weight is 214 g/mol. The Hall–Kier alpha value is -0.610. The van der Waals surface area contributed by atoms with E-state index in [0.717, 1.165) is 23.9 Å². The molecule has 0 bridgehead atoms. The van der Waals surface area contributed by atoms with Crippen molar-refractivity contribution in [1.82, 2.24) is 0 Å². The number of hydrogen-bond acceptors (Lipinski definition) is 4. The summed E-state index contributed by atoms with van der Waals surface area (Å²) in [5, 5.41) is 0.382. The van der Waals surface area contributed by atoms with Crippen LogP contribution in [0.2, 0.25) is 0 Å². The van der Waals surface area contributed by atoms with Gasteiger partial charge in [0.25, 0.3) is 0 Å². The van der Waals surface area contributed by atoms with E-state index in [1.165, 1.54) is 0 Å². The first-order valence-corrected chi connectivity index (χ1v) is 5.78. The predicted octanol–water partition coefficient (Wildman–Crippen LogP) is 2.10. The molecule has 0 spiro atoms. The van der Waals surface area contributed by atoms with Crippen molar-refractivity contribution in [1.29, 1.82) is 0 Å². The van der Waals surface area contributed by atoms with E-state index in [-0.39, 0.29) is 0 Å². The van der Waals surface area contributed by atoms with Crippen LogP contribution >= 0.6 is 11.8 Å². The highest BCUT2D eigenvalue weighted by atomic mass is 32.2. The average Bonchev–Trinajstić information content (AvgIpc) is 2.62. The molecule has 14 heavy (non-hydrogen) atoms. The zero-order valence-corrected chi connectivity index (χ0v) is 9.80. The van der Waals surface area contributed by atoms with Gasteiger partial charge in [0.05, 0.1) is 5.25 Å². The Morgan fingerprint density at radius 3 is 2.71 bits per heavy atom. The summed E-state index contributed by atoms with van der Waals surface area (Å²) in [6.07, 6.45) is 0. The summed E-state index contributed by atoms with van der Waals surface area (Å²) < 4.78 is 5.67. The topological polar surface area (TPSA) is 42.4 Å². The van der Waals surface area contributed by atoms with Crippen LogP contribution < -0.4 is 10.6 Å². The van der Waals surface area contributed by atoms with Gasteiger partial charge in [-0.3, -0.25) is 0 Å². The first kappa shape index (κ1) is 11.5. The van der Waals surface area contributed by atoms with Crippen LogP contribution in [-0.4, -0.2) is 26.4 Å². The minimum absolute atomic E-state index is 0.382. The second-order valence-electron chi connectivity index (χ2n) is 3.37. The fraction of sp³-hybridized carbons (Fsp3) is 0.600. The summed E-state index contributed by atoms with van der Waals surface area (Å²) in [7, 11) is 3.95. The van der Waals surface area contributed by atoms with E-state index in [0.29, 0.717) is 5.25 Å². The van der Waals surface area contributed by atoms with E-state index in [1.807, 2.05) is 42.9 Å². The molecule has 1 heterocycles. The van der Waals surface area contributed by atoms with Crippen molar-refractivity contribution < 1.29 is 4.42 Å². The maximum atomic E-state index is 5.67. The van der Waals surface area contributed by atoms with Gasteiger partial charge in [-0.15, -0.1) is 11.8 Å². The van der Waals surface area contributed by atoms with Crippen molar-refractivity contribution in [2.75, 3.05) is 31.3 Å². The highest BCUT2D eigenvalue weighted by molar-refractivity contribution is 7.99. The number of furan rings is 1. The van der Waals surface area contributed by atoms with E-state index in [9.17, 15) is 0 Å². The molecule has 1 unspecified atom stereocenters. The number of anilines is 1. The highest BCUT2D eigenvalue weighted by Crippen LogP contribution is 2.30. The van der Waals surface area contributed by atoms with Gasteiger partial charge in [-0.05, 0) is 13.0 Å². The van der Waals surface area contributed by atoms with E-state index >= 15 is 0 Å². The van der Waals surface area contributed by atoms with Crippen LogP contribution in [0.3, 0.4) is 0 Å². The van der Waals surface area contributed by atoms with Crippen molar-refractivity contribution in [3.63, 3.8) is 0 Å². The maximum Gasteiger partial charge on any atom is 0.195 e. The first-order valence-electron chi connectivity index (χ1n) is 4.74. The summed E-state index contributed by atoms with van der Waals surface area (Å²) in [6, 6.07) is 4.03. The van der Waals surface area contributed by atoms with Crippen molar-refractivity contribution in [2.45, 2.75) is 12.2 Å². The second kappa shape index (κ2) is 5.32. The van der Waals surface area contributed by atoms with Crippen LogP contribution in [-0.2, 0) is 0 Å². The minimum atomic E-state index is 0.382. The molecular weight excluding hydrogens is 196 g/mol. The summed E-state index contributed by atoms with van der Waals surface area (Å²) in [6.45, 7) is 2.86. The molecule has 1 aromatic rings. The first-order chi connectivity index (χ1) is 6.65. The number of thioether (sulfide) groups is 1. The van der Waals surface area contributed by atoms with Crippen LogP contribution in [0.1, 0.15) is 17.9 Å². The molecule has 1 aromatic heterocycles. The van der Waals surface area contributed by atoms with Gasteiger partial charge < -0.3 is 15.1 Å². The summed E-state index contributed by atoms with van der Waals surface area (Å²) >= 11 is 1.82. The molecule has 0 aliphatic carbocycles. The lowest BCUT2D eigenvalue weighted by Crippen LogP contribution is -2.07. The van der Waals surface area contributed by atoms with Crippen LogP contribution in [0.25, 0.3) is 0 Å². The number of nitrogens with two attached hydrogens (primary N) is 1. The third-order valence-electron chi connectivity index (χ3n) is 1.94. The lowest BCUT2D eigenvalue weighted by atomic mass is 10.3. The van der Waals surface area contributed by atoms with Gasteiger partial charge in [-0.25, -0.2) is 0 Å². The maximum absolute atomic E-state index is 5.67. The SMILES string of the molecule is CC(SCCN)c1ccc(N(C)C)o1. The molecule has 2 N–H and O–H groups in total. The van der Waals surface area contributed by atoms with Crippen LogP contribution in [0, 0.1) is 0 Å². The van der Waals surface area contributed by atoms with Gasteiger partial charge in [0.2, 0.25) is 0 Å². The molecule has 0 aliphatic heterocycles. The van der Waals surface area contributed by atoms with E-state index in [4.69, 9.17) is 10.2 Å². The largest absolute Gasteiger partial charge is 0.444 e. The fourth-order valence-corrected chi connectivity index (χ4v) is 1.91. The third kappa shape index (κ3) is 2.96. The molecule has 0 radical (unpaired) electrons. The summed E-state index contributed by atoms with van der Waals surface area (Å²) in [5.74, 6) is 2.89. The number of nitrogens with zero attached hydrogens (tertiary/aromatic N) is 1. The minimum Gasteiger partial charge on any atom is -0.444 e. The van der Waals surface area contributed by atoms with Gasteiger partial charge in [0, 0.05) is 32.5 Å². The molecule has 0 fully saturated rings. The second-order valence-corrected chi connectivity index (χ2v) is 4.82. The van der Waals surface area contributed by atoms with Gasteiger partial charge >= 0.3 is 0 Å². The molecule has 0 saturated carbocycles. The van der Waals surface area contributed by atoms with E-state index in [2.05, 4.69) is 6.92 Å². The zero-order valence-electron chi connectivity index (χ0n) is 8.99. The highest BCUT2D eigenvalue weighted by Gasteiger charge is 2.11. The lowest BCUT2D eigenvalue weighted by Gasteiger charge is -2.09. The number of hydrogen-bond donors (Lipinski definition) is 1. The molecular formula is C10H18N2OS. The Kier molecular flexibility index (Phi) is 4.35. The number of rotatable bonds is 5. The molecule has 3 nitrogen and oxygen atoms in total. The summed E-state index contributed by atoms with van der Waals surface area (Å²) in [4.78, 5) is 1.96. The Balaban J connectivity index is 2.57. The standard InChI is InChI=1S/C10H18N2OS/c1-8(14-7-6-11)9-4-5-10(13-9)12(2)3/h4-5,8H,6-7,11H2,1-3H3. The van der Waals surface area contributed by atoms with E-state index in [1.54, 1.807) is 0 Å². The molecule has 0 amide bonds. The molecule has 1 atom stereocenters. The van der Waals surface area contributed by atoms with Gasteiger partial charge in [0.1, 0.15) is 5.76 Å². The van der Waals surface area contributed by atoms with Crippen LogP contribution in [0.5, 0.6) is 0 Å². The Morgan fingerprint density at radius 2 is 2.21 bits per heavy atom. The van der Waals surface area contributed by atoms with Crippen LogP contribution in [0.15, 0.2) is 16.5 Å². The van der Waals surface area contributed by atoms with Gasteiger partial charge in [-0.2, -0.15) is 0 Å². The van der Waals surface area contributed by atoms with E-state index < -0.39 is 0 Å².